The summed E-state index contributed by atoms with van der Waals surface area (Å²) in [5, 5.41) is 1.33. The quantitative estimate of drug-likeness (QED) is 0.503. The van der Waals surface area contributed by atoms with Crippen molar-refractivity contribution in [2.75, 3.05) is 0 Å². The first-order valence-electron chi connectivity index (χ1n) is 3.02. The summed E-state index contributed by atoms with van der Waals surface area (Å²) in [4.78, 5) is 0. The molecule has 0 aromatic carbocycles. The molecule has 1 aliphatic rings. The molecule has 0 aromatic heterocycles. The summed E-state index contributed by atoms with van der Waals surface area (Å²) in [7, 11) is 0. The largest absolute Gasteiger partial charge is 0.443 e. The SMILES string of the molecule is S=C1CCCCC(=S)O1. The van der Waals surface area contributed by atoms with E-state index in [2.05, 4.69) is 0 Å². The number of hydrogen-bond acceptors (Lipinski definition) is 3. The first-order chi connectivity index (χ1) is 4.29. The van der Waals surface area contributed by atoms with Crippen LogP contribution < -0.4 is 0 Å². The summed E-state index contributed by atoms with van der Waals surface area (Å²) in [5.74, 6) is 0. The second kappa shape index (κ2) is 3.22. The lowest BCUT2D eigenvalue weighted by Gasteiger charge is -1.99. The fourth-order valence-corrected chi connectivity index (χ4v) is 1.31. The Labute approximate surface area is 65.4 Å². The number of ether oxygens (including phenoxy) is 1. The third kappa shape index (κ3) is 2.37. The van der Waals surface area contributed by atoms with Crippen LogP contribution >= 0.6 is 24.4 Å². The Kier molecular flexibility index (Phi) is 2.54. The minimum atomic E-state index is 0.664. The van der Waals surface area contributed by atoms with Crippen molar-refractivity contribution in [2.24, 2.45) is 0 Å². The zero-order valence-electron chi connectivity index (χ0n) is 5.05. The van der Waals surface area contributed by atoms with Gasteiger partial charge < -0.3 is 4.74 Å². The van der Waals surface area contributed by atoms with E-state index in [0.29, 0.717) is 10.1 Å². The van der Waals surface area contributed by atoms with Gasteiger partial charge in [0.1, 0.15) is 0 Å². The molecule has 0 saturated carbocycles. The number of rotatable bonds is 0. The van der Waals surface area contributed by atoms with Crippen molar-refractivity contribution in [3.8, 4) is 0 Å². The van der Waals surface area contributed by atoms with E-state index in [1.807, 2.05) is 0 Å². The zero-order chi connectivity index (χ0) is 6.69. The molecule has 1 heterocycles. The Hall–Kier alpha value is -0.0200. The van der Waals surface area contributed by atoms with Gasteiger partial charge in [0, 0.05) is 12.8 Å². The Morgan fingerprint density at radius 2 is 1.44 bits per heavy atom. The molecule has 0 spiro atoms. The molecule has 1 saturated heterocycles. The first-order valence-corrected chi connectivity index (χ1v) is 3.84. The molecule has 0 N–H and O–H groups in total. The highest BCUT2D eigenvalue weighted by Gasteiger charge is 2.07. The highest BCUT2D eigenvalue weighted by atomic mass is 32.1. The Morgan fingerprint density at radius 1 is 1.00 bits per heavy atom. The summed E-state index contributed by atoms with van der Waals surface area (Å²) in [6.07, 6.45) is 4.04. The van der Waals surface area contributed by atoms with Crippen LogP contribution in [-0.2, 0) is 4.74 Å². The molecule has 0 bridgehead atoms. The van der Waals surface area contributed by atoms with Crippen molar-refractivity contribution in [3.63, 3.8) is 0 Å². The van der Waals surface area contributed by atoms with Crippen LogP contribution in [0.25, 0.3) is 0 Å². The van der Waals surface area contributed by atoms with Gasteiger partial charge in [-0.2, -0.15) is 0 Å². The molecule has 9 heavy (non-hydrogen) atoms. The van der Waals surface area contributed by atoms with Crippen molar-refractivity contribution in [1.82, 2.24) is 0 Å². The zero-order valence-corrected chi connectivity index (χ0v) is 6.69. The molecule has 0 atom stereocenters. The summed E-state index contributed by atoms with van der Waals surface area (Å²) in [6.45, 7) is 0. The van der Waals surface area contributed by atoms with Crippen LogP contribution in [0.3, 0.4) is 0 Å². The summed E-state index contributed by atoms with van der Waals surface area (Å²) in [6, 6.07) is 0. The van der Waals surface area contributed by atoms with E-state index in [1.165, 1.54) is 0 Å². The van der Waals surface area contributed by atoms with Gasteiger partial charge >= 0.3 is 0 Å². The molecule has 1 nitrogen and oxygen atoms in total. The Bertz CT molecular complexity index is 126. The lowest BCUT2D eigenvalue weighted by Crippen LogP contribution is -2.03. The van der Waals surface area contributed by atoms with Crippen LogP contribution in [0.15, 0.2) is 0 Å². The highest BCUT2D eigenvalue weighted by Crippen LogP contribution is 2.10. The van der Waals surface area contributed by atoms with Gasteiger partial charge in [0.25, 0.3) is 0 Å². The maximum atomic E-state index is 5.07. The van der Waals surface area contributed by atoms with E-state index in [9.17, 15) is 0 Å². The number of thiocarbonyl (C=S) groups is 2. The van der Waals surface area contributed by atoms with Gasteiger partial charge in [-0.25, -0.2) is 0 Å². The predicted octanol–water partition coefficient (Wildman–Crippen LogP) is 2.23. The van der Waals surface area contributed by atoms with Gasteiger partial charge in [-0.3, -0.25) is 0 Å². The molecule has 1 fully saturated rings. The van der Waals surface area contributed by atoms with Crippen molar-refractivity contribution in [2.45, 2.75) is 25.7 Å². The summed E-state index contributed by atoms with van der Waals surface area (Å²) in [5.41, 5.74) is 0. The average molecular weight is 160 g/mol. The van der Waals surface area contributed by atoms with Gasteiger partial charge in [-0.05, 0) is 37.3 Å². The lowest BCUT2D eigenvalue weighted by atomic mass is 10.2. The molecular weight excluding hydrogens is 152 g/mol. The van der Waals surface area contributed by atoms with Crippen LogP contribution in [0.1, 0.15) is 25.7 Å². The smallest absolute Gasteiger partial charge is 0.168 e. The van der Waals surface area contributed by atoms with E-state index in [1.54, 1.807) is 0 Å². The van der Waals surface area contributed by atoms with Gasteiger partial charge in [0.05, 0.1) is 0 Å². The normalized spacial score (nSPS) is 20.9. The molecule has 0 unspecified atom stereocenters. The van der Waals surface area contributed by atoms with Crippen LogP contribution in [0, 0.1) is 0 Å². The van der Waals surface area contributed by atoms with Gasteiger partial charge in [0.2, 0.25) is 0 Å². The van der Waals surface area contributed by atoms with E-state index in [0.717, 1.165) is 25.7 Å². The van der Waals surface area contributed by atoms with Crippen LogP contribution in [-0.4, -0.2) is 10.1 Å². The van der Waals surface area contributed by atoms with Gasteiger partial charge in [-0.1, -0.05) is 0 Å². The molecule has 0 aromatic rings. The Balaban J connectivity index is 2.47. The van der Waals surface area contributed by atoms with Crippen molar-refractivity contribution in [1.29, 1.82) is 0 Å². The molecule has 1 aliphatic heterocycles. The second-order valence-corrected chi connectivity index (χ2v) is 2.96. The second-order valence-electron chi connectivity index (χ2n) is 2.05. The molecule has 0 amide bonds. The van der Waals surface area contributed by atoms with Crippen LogP contribution in [0.5, 0.6) is 0 Å². The Morgan fingerprint density at radius 3 is 1.89 bits per heavy atom. The monoisotopic (exact) mass is 160 g/mol. The number of hydrogen-bond donors (Lipinski definition) is 0. The van der Waals surface area contributed by atoms with Crippen LogP contribution in [0.2, 0.25) is 0 Å². The first kappa shape index (κ1) is 7.09. The standard InChI is InChI=1S/C6H8OS2/c8-5-3-1-2-4-6(9)7-5/h1-4H2. The van der Waals surface area contributed by atoms with Crippen molar-refractivity contribution < 1.29 is 4.74 Å². The average Bonchev–Trinajstić information content (AvgIpc) is 1.93. The van der Waals surface area contributed by atoms with E-state index >= 15 is 0 Å². The van der Waals surface area contributed by atoms with Crippen molar-refractivity contribution >= 4 is 34.5 Å². The molecule has 0 radical (unpaired) electrons. The summed E-state index contributed by atoms with van der Waals surface area (Å²) >= 11 is 9.72. The topological polar surface area (TPSA) is 9.23 Å². The maximum Gasteiger partial charge on any atom is 0.168 e. The van der Waals surface area contributed by atoms with Gasteiger partial charge in [-0.15, -0.1) is 0 Å². The van der Waals surface area contributed by atoms with Crippen LogP contribution in [0.4, 0.5) is 0 Å². The fourth-order valence-electron chi connectivity index (χ4n) is 0.768. The van der Waals surface area contributed by atoms with E-state index in [-0.39, 0.29) is 0 Å². The molecular formula is C6H8OS2. The van der Waals surface area contributed by atoms with E-state index < -0.39 is 0 Å². The highest BCUT2D eigenvalue weighted by molar-refractivity contribution is 7.81. The molecule has 50 valence electrons. The fraction of sp³-hybridized carbons (Fsp3) is 0.667. The lowest BCUT2D eigenvalue weighted by molar-refractivity contribution is 0.554. The third-order valence-electron chi connectivity index (χ3n) is 1.24. The van der Waals surface area contributed by atoms with Crippen molar-refractivity contribution in [3.05, 3.63) is 0 Å². The third-order valence-corrected chi connectivity index (χ3v) is 1.81. The minimum absolute atomic E-state index is 0.664. The van der Waals surface area contributed by atoms with E-state index in [4.69, 9.17) is 29.2 Å². The molecule has 1 rings (SSSR count). The molecule has 0 aliphatic carbocycles. The summed E-state index contributed by atoms with van der Waals surface area (Å²) < 4.78 is 5.07. The van der Waals surface area contributed by atoms with Gasteiger partial charge in [0.15, 0.2) is 10.1 Å². The minimum Gasteiger partial charge on any atom is -0.443 e. The maximum absolute atomic E-state index is 5.07. The predicted molar refractivity (Wildman–Crippen MR) is 44.7 cm³/mol. The molecule has 3 heteroatoms.